The molecule has 6 heteroatoms. The highest BCUT2D eigenvalue weighted by Gasteiger charge is 2.34. The fraction of sp³-hybridized carbons (Fsp3) is 0.625. The van der Waals surface area contributed by atoms with Crippen LogP contribution in [0.15, 0.2) is 23.1 Å². The molecule has 1 saturated carbocycles. The molecule has 1 N–H and O–H groups in total. The Balaban J connectivity index is 1.58. The summed E-state index contributed by atoms with van der Waals surface area (Å²) in [4.78, 5) is 2.92. The predicted molar refractivity (Wildman–Crippen MR) is 89.0 cm³/mol. The van der Waals surface area contributed by atoms with Crippen LogP contribution in [-0.4, -0.2) is 45.2 Å². The fourth-order valence-corrected chi connectivity index (χ4v) is 4.51. The van der Waals surface area contributed by atoms with Crippen molar-refractivity contribution in [3.05, 3.63) is 28.8 Å². The zero-order valence-corrected chi connectivity index (χ0v) is 14.5. The lowest BCUT2D eigenvalue weighted by molar-refractivity contribution is 0.311. The van der Waals surface area contributed by atoms with E-state index in [1.807, 2.05) is 0 Å². The topological polar surface area (TPSA) is 49.4 Å². The third kappa shape index (κ3) is 3.82. The first-order valence-corrected chi connectivity index (χ1v) is 10.1. The van der Waals surface area contributed by atoms with Gasteiger partial charge in [-0.3, -0.25) is 0 Å². The third-order valence-electron chi connectivity index (χ3n) is 4.59. The Bertz CT molecular complexity index is 644. The Kier molecular flexibility index (Phi) is 4.78. The van der Waals surface area contributed by atoms with Gasteiger partial charge >= 0.3 is 0 Å². The molecule has 22 heavy (non-hydrogen) atoms. The molecule has 1 aromatic carbocycles. The van der Waals surface area contributed by atoms with Crippen molar-refractivity contribution in [3.63, 3.8) is 0 Å². The van der Waals surface area contributed by atoms with Crippen molar-refractivity contribution in [3.8, 4) is 0 Å². The molecule has 2 aliphatic rings. The summed E-state index contributed by atoms with van der Waals surface area (Å²) in [6, 6.07) is 5.90. The van der Waals surface area contributed by atoms with E-state index in [-0.39, 0.29) is 0 Å². The lowest BCUT2D eigenvalue weighted by atomic mass is 10.1. The van der Waals surface area contributed by atoms with Crippen LogP contribution in [0.25, 0.3) is 0 Å². The first kappa shape index (κ1) is 16.2. The maximum Gasteiger partial charge on any atom is 0.175 e. The number of hydrogen-bond acceptors (Lipinski definition) is 4. The molecule has 0 amide bonds. The maximum absolute atomic E-state index is 11.9. The van der Waals surface area contributed by atoms with Gasteiger partial charge in [0.05, 0.1) is 4.90 Å². The number of benzene rings is 1. The van der Waals surface area contributed by atoms with E-state index in [2.05, 4.69) is 10.2 Å². The summed E-state index contributed by atoms with van der Waals surface area (Å²) in [5.74, 6) is 0.657. The largest absolute Gasteiger partial charge is 0.312 e. The first-order valence-electron chi connectivity index (χ1n) is 7.87. The molecule has 0 spiro atoms. The van der Waals surface area contributed by atoms with Gasteiger partial charge in [0.2, 0.25) is 0 Å². The van der Waals surface area contributed by atoms with Crippen LogP contribution in [0.3, 0.4) is 0 Å². The van der Waals surface area contributed by atoms with Gasteiger partial charge in [-0.2, -0.15) is 0 Å². The normalized spacial score (nSPS) is 23.1. The quantitative estimate of drug-likeness (QED) is 0.862. The summed E-state index contributed by atoms with van der Waals surface area (Å²) in [5.41, 5.74) is 0.684. The molecule has 2 fully saturated rings. The van der Waals surface area contributed by atoms with Gasteiger partial charge in [0.25, 0.3) is 0 Å². The van der Waals surface area contributed by atoms with Crippen LogP contribution in [0.2, 0.25) is 5.02 Å². The number of nitrogens with zero attached hydrogens (tertiary/aromatic N) is 1. The van der Waals surface area contributed by atoms with Crippen LogP contribution in [0.4, 0.5) is 0 Å². The monoisotopic (exact) mass is 342 g/mol. The zero-order valence-electron chi connectivity index (χ0n) is 12.9. The van der Waals surface area contributed by atoms with Crippen LogP contribution in [0.1, 0.15) is 24.8 Å². The zero-order chi connectivity index (χ0) is 15.7. The SMILES string of the molecule is CS(=O)(=O)c1cccc(Cl)c1CNC[C@H]1CCN(C2CC2)C1. The van der Waals surface area contributed by atoms with Gasteiger partial charge in [-0.1, -0.05) is 17.7 Å². The van der Waals surface area contributed by atoms with Gasteiger partial charge in [-0.05, 0) is 50.4 Å². The molecule has 1 aliphatic heterocycles. The van der Waals surface area contributed by atoms with Crippen LogP contribution in [0.5, 0.6) is 0 Å². The van der Waals surface area contributed by atoms with Gasteiger partial charge < -0.3 is 10.2 Å². The second-order valence-electron chi connectivity index (χ2n) is 6.50. The molecular formula is C16H23ClN2O2S. The molecule has 0 unspecified atom stereocenters. The minimum atomic E-state index is -3.25. The molecule has 1 aromatic rings. The molecule has 0 bridgehead atoms. The standard InChI is InChI=1S/C16H23ClN2O2S/c1-22(20,21)16-4-2-3-15(17)14(16)10-18-9-12-7-8-19(11-12)13-5-6-13/h2-4,12-13,18H,5-11H2,1H3/t12-/m1/s1. The van der Waals surface area contributed by atoms with E-state index in [0.29, 0.717) is 27.9 Å². The Morgan fingerprint density at radius 1 is 1.32 bits per heavy atom. The second kappa shape index (κ2) is 6.48. The van der Waals surface area contributed by atoms with Gasteiger partial charge in [0, 0.05) is 36.0 Å². The average Bonchev–Trinajstić information content (AvgIpc) is 3.19. The van der Waals surface area contributed by atoms with Crippen molar-refractivity contribution in [1.82, 2.24) is 10.2 Å². The second-order valence-corrected chi connectivity index (χ2v) is 8.89. The van der Waals surface area contributed by atoms with Crippen molar-refractivity contribution in [1.29, 1.82) is 0 Å². The van der Waals surface area contributed by atoms with E-state index in [9.17, 15) is 8.42 Å². The summed E-state index contributed by atoms with van der Waals surface area (Å²) >= 11 is 6.19. The molecule has 1 saturated heterocycles. The number of nitrogens with one attached hydrogen (secondary N) is 1. The van der Waals surface area contributed by atoms with E-state index in [1.165, 1.54) is 38.6 Å². The van der Waals surface area contributed by atoms with E-state index >= 15 is 0 Å². The molecule has 0 radical (unpaired) electrons. The maximum atomic E-state index is 11.9. The molecule has 1 atom stereocenters. The number of likely N-dealkylation sites (tertiary alicyclic amines) is 1. The van der Waals surface area contributed by atoms with E-state index in [1.54, 1.807) is 18.2 Å². The minimum absolute atomic E-state index is 0.332. The lowest BCUT2D eigenvalue weighted by Gasteiger charge is -2.16. The molecule has 0 aromatic heterocycles. The van der Waals surface area contributed by atoms with Crippen LogP contribution in [-0.2, 0) is 16.4 Å². The van der Waals surface area contributed by atoms with Crippen molar-refractivity contribution < 1.29 is 8.42 Å². The van der Waals surface area contributed by atoms with Crippen molar-refractivity contribution in [2.45, 2.75) is 36.7 Å². The Morgan fingerprint density at radius 3 is 2.77 bits per heavy atom. The summed E-state index contributed by atoms with van der Waals surface area (Å²) in [5, 5.41) is 3.92. The Hall–Kier alpha value is -0.620. The average molecular weight is 343 g/mol. The van der Waals surface area contributed by atoms with Crippen molar-refractivity contribution in [2.24, 2.45) is 5.92 Å². The van der Waals surface area contributed by atoms with E-state index in [4.69, 9.17) is 11.6 Å². The smallest absolute Gasteiger partial charge is 0.175 e. The molecule has 4 nitrogen and oxygen atoms in total. The van der Waals surface area contributed by atoms with Crippen molar-refractivity contribution >= 4 is 21.4 Å². The summed E-state index contributed by atoms with van der Waals surface area (Å²) in [6.45, 7) is 3.79. The number of rotatable bonds is 6. The number of sulfone groups is 1. The fourth-order valence-electron chi connectivity index (χ4n) is 3.26. The predicted octanol–water partition coefficient (Wildman–Crippen LogP) is 2.32. The summed E-state index contributed by atoms with van der Waals surface area (Å²) in [6.07, 6.45) is 5.17. The van der Waals surface area contributed by atoms with Crippen molar-refractivity contribution in [2.75, 3.05) is 25.9 Å². The summed E-state index contributed by atoms with van der Waals surface area (Å²) < 4.78 is 23.7. The third-order valence-corrected chi connectivity index (χ3v) is 6.13. The molecule has 3 rings (SSSR count). The minimum Gasteiger partial charge on any atom is -0.312 e. The number of halogens is 1. The van der Waals surface area contributed by atoms with Gasteiger partial charge in [0.1, 0.15) is 0 Å². The van der Waals surface area contributed by atoms with Crippen LogP contribution < -0.4 is 5.32 Å². The number of hydrogen-bond donors (Lipinski definition) is 1. The van der Waals surface area contributed by atoms with Crippen LogP contribution in [0, 0.1) is 5.92 Å². The lowest BCUT2D eigenvalue weighted by Crippen LogP contribution is -2.27. The highest BCUT2D eigenvalue weighted by atomic mass is 35.5. The highest BCUT2D eigenvalue weighted by molar-refractivity contribution is 7.90. The summed E-state index contributed by atoms with van der Waals surface area (Å²) in [7, 11) is -3.25. The Labute approximate surface area is 137 Å². The van der Waals surface area contributed by atoms with Gasteiger partial charge in [0.15, 0.2) is 9.84 Å². The van der Waals surface area contributed by atoms with E-state index in [0.717, 1.165) is 12.6 Å². The van der Waals surface area contributed by atoms with Gasteiger partial charge in [-0.15, -0.1) is 0 Å². The molecule has 1 heterocycles. The van der Waals surface area contributed by atoms with Gasteiger partial charge in [-0.25, -0.2) is 8.42 Å². The van der Waals surface area contributed by atoms with E-state index < -0.39 is 9.84 Å². The Morgan fingerprint density at radius 2 is 2.09 bits per heavy atom. The molecule has 1 aliphatic carbocycles. The first-order chi connectivity index (χ1) is 10.4. The molecule has 122 valence electrons. The molecular weight excluding hydrogens is 320 g/mol. The highest BCUT2D eigenvalue weighted by Crippen LogP contribution is 2.31. The van der Waals surface area contributed by atoms with Crippen LogP contribution >= 0.6 is 11.6 Å².